The fourth-order valence-electron chi connectivity index (χ4n) is 3.23. The highest BCUT2D eigenvalue weighted by molar-refractivity contribution is 6.18. The van der Waals surface area contributed by atoms with E-state index in [-0.39, 0.29) is 17.8 Å². The number of aliphatic imine (C=N–C) groups is 1. The van der Waals surface area contributed by atoms with Gasteiger partial charge in [-0.3, -0.25) is 14.5 Å². The summed E-state index contributed by atoms with van der Waals surface area (Å²) in [4.78, 5) is 16.1. The first-order valence-electron chi connectivity index (χ1n) is 10.8. The number of rotatable bonds is 8. The molecule has 6 heteroatoms. The van der Waals surface area contributed by atoms with Crippen LogP contribution in [0.2, 0.25) is 0 Å². The maximum atomic E-state index is 11.8. The van der Waals surface area contributed by atoms with Crippen LogP contribution >= 0.6 is 0 Å². The fourth-order valence-corrected chi connectivity index (χ4v) is 3.23. The van der Waals surface area contributed by atoms with Gasteiger partial charge in [0.05, 0.1) is 5.69 Å². The molecule has 6 nitrogen and oxygen atoms in total. The minimum Gasteiger partial charge on any atom is -0.452 e. The Morgan fingerprint density at radius 3 is 2.35 bits per heavy atom. The third kappa shape index (κ3) is 6.29. The van der Waals surface area contributed by atoms with Crippen LogP contribution < -0.4 is 0 Å². The van der Waals surface area contributed by atoms with Crippen molar-refractivity contribution in [2.24, 2.45) is 4.99 Å². The molecule has 1 aromatic carbocycles. The molecule has 0 N–H and O–H groups in total. The number of benzene rings is 1. The zero-order valence-electron chi connectivity index (χ0n) is 20.0. The van der Waals surface area contributed by atoms with Gasteiger partial charge in [-0.2, -0.15) is 5.10 Å². The molecule has 0 spiro atoms. The lowest BCUT2D eigenvalue weighted by Crippen LogP contribution is -2.19. The summed E-state index contributed by atoms with van der Waals surface area (Å²) in [6.45, 7) is 14.7. The average molecular weight is 426 g/mol. The van der Waals surface area contributed by atoms with E-state index in [9.17, 15) is 4.79 Å². The van der Waals surface area contributed by atoms with E-state index in [0.29, 0.717) is 12.3 Å². The van der Waals surface area contributed by atoms with Gasteiger partial charge in [0.15, 0.2) is 5.76 Å². The van der Waals surface area contributed by atoms with Gasteiger partial charge in [-0.05, 0) is 36.5 Å². The maximum absolute atomic E-state index is 11.8. The van der Waals surface area contributed by atoms with E-state index in [1.807, 2.05) is 24.6 Å². The van der Waals surface area contributed by atoms with Crippen LogP contribution in [0.25, 0.3) is 11.3 Å². The molecule has 0 saturated carbocycles. The summed E-state index contributed by atoms with van der Waals surface area (Å²) in [5, 5.41) is 4.57. The third-order valence-electron chi connectivity index (χ3n) is 4.87. The van der Waals surface area contributed by atoms with Crippen molar-refractivity contribution in [3.05, 3.63) is 52.8 Å². The second-order valence-corrected chi connectivity index (χ2v) is 8.47. The maximum Gasteiger partial charge on any atom is 0.308 e. The number of carbonyl (C=O) groups is 1. The zero-order chi connectivity index (χ0) is 23.2. The molecule has 0 saturated heterocycles. The van der Waals surface area contributed by atoms with E-state index in [0.717, 1.165) is 22.5 Å². The second-order valence-electron chi connectivity index (χ2n) is 8.47. The normalized spacial score (nSPS) is 13.8. The lowest BCUT2D eigenvalue weighted by atomic mass is 9.86. The van der Waals surface area contributed by atoms with E-state index in [4.69, 9.17) is 9.47 Å². The number of allylic oxidation sites excluding steroid dienone is 1. The summed E-state index contributed by atoms with van der Waals surface area (Å²) < 4.78 is 13.5. The van der Waals surface area contributed by atoms with Crippen molar-refractivity contribution in [3.63, 3.8) is 0 Å². The summed E-state index contributed by atoms with van der Waals surface area (Å²) in [6.07, 6.45) is 1.31. The second kappa shape index (κ2) is 10.4. The summed E-state index contributed by atoms with van der Waals surface area (Å²) in [6, 6.07) is 10.4. The first-order chi connectivity index (χ1) is 14.6. The van der Waals surface area contributed by atoms with Gasteiger partial charge < -0.3 is 9.47 Å². The standard InChI is InChI=1S/C25H35N3O3/c1-9-23(29)30-18(4)31-24(22-15-17(3)27-28(22)10-2)21(16-26-8)19-11-13-20(14-12-19)25(5,6)7/h11-16,18H,9-10H2,1-8H3/b24-21-,26-16?. The largest absolute Gasteiger partial charge is 0.452 e. The number of hydrogen-bond acceptors (Lipinski definition) is 5. The predicted molar refractivity (Wildman–Crippen MR) is 126 cm³/mol. The first-order valence-corrected chi connectivity index (χ1v) is 10.8. The van der Waals surface area contributed by atoms with Gasteiger partial charge in [-0.25, -0.2) is 0 Å². The first kappa shape index (κ1) is 24.4. The number of ether oxygens (including phenoxy) is 2. The van der Waals surface area contributed by atoms with Crippen LogP contribution in [0, 0.1) is 6.92 Å². The average Bonchev–Trinajstić information content (AvgIpc) is 3.10. The van der Waals surface area contributed by atoms with Gasteiger partial charge in [-0.1, -0.05) is 52.0 Å². The SMILES string of the molecule is CCC(=O)OC(C)O/C(=C(/C=NC)c1ccc(C(C)(C)C)cc1)c1cc(C)nn1CC. The van der Waals surface area contributed by atoms with Crippen LogP contribution in [-0.4, -0.2) is 35.3 Å². The van der Waals surface area contributed by atoms with Crippen LogP contribution in [0.4, 0.5) is 0 Å². The van der Waals surface area contributed by atoms with E-state index in [2.05, 4.69) is 55.1 Å². The number of hydrogen-bond donors (Lipinski definition) is 0. The molecule has 0 bridgehead atoms. The molecule has 1 aromatic heterocycles. The summed E-state index contributed by atoms with van der Waals surface area (Å²) >= 11 is 0. The summed E-state index contributed by atoms with van der Waals surface area (Å²) in [5.41, 5.74) is 4.76. The Hall–Kier alpha value is -2.89. The molecule has 0 fully saturated rings. The van der Waals surface area contributed by atoms with Gasteiger partial charge in [0.1, 0.15) is 5.69 Å². The highest BCUT2D eigenvalue weighted by Gasteiger charge is 2.22. The quantitative estimate of drug-likeness (QED) is 0.246. The van der Waals surface area contributed by atoms with E-state index >= 15 is 0 Å². The van der Waals surface area contributed by atoms with Crippen molar-refractivity contribution in [1.82, 2.24) is 9.78 Å². The molecule has 0 radical (unpaired) electrons. The number of aromatic nitrogens is 2. The molecule has 1 heterocycles. The topological polar surface area (TPSA) is 65.7 Å². The Kier molecular flexibility index (Phi) is 8.20. The van der Waals surface area contributed by atoms with E-state index in [1.54, 1.807) is 27.1 Å². The van der Waals surface area contributed by atoms with Crippen molar-refractivity contribution in [2.45, 2.75) is 73.1 Å². The van der Waals surface area contributed by atoms with Gasteiger partial charge in [-0.15, -0.1) is 0 Å². The van der Waals surface area contributed by atoms with Crippen LogP contribution in [-0.2, 0) is 26.2 Å². The molecule has 1 atom stereocenters. The molecule has 0 amide bonds. The monoisotopic (exact) mass is 425 g/mol. The summed E-state index contributed by atoms with van der Waals surface area (Å²) in [7, 11) is 1.73. The third-order valence-corrected chi connectivity index (χ3v) is 4.87. The van der Waals surface area contributed by atoms with Crippen LogP contribution in [0.5, 0.6) is 0 Å². The van der Waals surface area contributed by atoms with Crippen LogP contribution in [0.3, 0.4) is 0 Å². The Bertz CT molecular complexity index is 947. The Morgan fingerprint density at radius 1 is 1.19 bits per heavy atom. The molecule has 1 unspecified atom stereocenters. The predicted octanol–water partition coefficient (Wildman–Crippen LogP) is 5.39. The van der Waals surface area contributed by atoms with Crippen LogP contribution in [0.1, 0.15) is 70.5 Å². The van der Waals surface area contributed by atoms with Gasteiger partial charge in [0.2, 0.25) is 6.29 Å². The molecule has 2 aromatic rings. The Balaban J connectivity index is 2.65. The van der Waals surface area contributed by atoms with Crippen LogP contribution in [0.15, 0.2) is 35.3 Å². The van der Waals surface area contributed by atoms with Crippen molar-refractivity contribution < 1.29 is 14.3 Å². The molecule has 2 rings (SSSR count). The van der Waals surface area contributed by atoms with Crippen molar-refractivity contribution in [2.75, 3.05) is 7.05 Å². The molecular weight excluding hydrogens is 390 g/mol. The lowest BCUT2D eigenvalue weighted by Gasteiger charge is -2.22. The summed E-state index contributed by atoms with van der Waals surface area (Å²) in [5.74, 6) is 0.264. The highest BCUT2D eigenvalue weighted by atomic mass is 16.7. The minimum atomic E-state index is -0.753. The van der Waals surface area contributed by atoms with Crippen molar-refractivity contribution in [1.29, 1.82) is 0 Å². The fraction of sp³-hybridized carbons (Fsp3) is 0.480. The number of aryl methyl sites for hydroxylation is 2. The van der Waals surface area contributed by atoms with Crippen molar-refractivity contribution in [3.8, 4) is 0 Å². The number of esters is 1. The smallest absolute Gasteiger partial charge is 0.308 e. The molecule has 168 valence electrons. The zero-order valence-corrected chi connectivity index (χ0v) is 20.0. The molecular formula is C25H35N3O3. The van der Waals surface area contributed by atoms with Gasteiger partial charge >= 0.3 is 5.97 Å². The highest BCUT2D eigenvalue weighted by Crippen LogP contribution is 2.30. The van der Waals surface area contributed by atoms with E-state index in [1.165, 1.54) is 5.56 Å². The van der Waals surface area contributed by atoms with Gasteiger partial charge in [0.25, 0.3) is 0 Å². The number of nitrogens with zero attached hydrogens (tertiary/aromatic N) is 3. The molecule has 0 aliphatic carbocycles. The Labute approximate surface area is 186 Å². The minimum absolute atomic E-state index is 0.0569. The van der Waals surface area contributed by atoms with Crippen molar-refractivity contribution >= 4 is 23.5 Å². The molecule has 0 aliphatic rings. The lowest BCUT2D eigenvalue weighted by molar-refractivity contribution is -0.163. The molecule has 0 aliphatic heterocycles. The molecule has 31 heavy (non-hydrogen) atoms. The van der Waals surface area contributed by atoms with E-state index < -0.39 is 6.29 Å². The van der Waals surface area contributed by atoms with Gasteiger partial charge in [0, 0.05) is 38.7 Å². The number of carbonyl (C=O) groups excluding carboxylic acids is 1. The Morgan fingerprint density at radius 2 is 1.84 bits per heavy atom.